The number of nitrogens with one attached hydrogen (secondary N) is 1. The lowest BCUT2D eigenvalue weighted by Crippen LogP contribution is -2.35. The number of carbonyl (C=O) groups excluding carboxylic acids is 2. The highest BCUT2D eigenvalue weighted by atomic mass is 32.3. The first-order valence-electron chi connectivity index (χ1n) is 10.3. The van der Waals surface area contributed by atoms with E-state index in [-0.39, 0.29) is 38.2 Å². The largest absolute Gasteiger partial charge is 0.493 e. The fourth-order valence-corrected chi connectivity index (χ4v) is 5.26. The molecule has 0 bridgehead atoms. The minimum absolute atomic E-state index is 0.0140. The van der Waals surface area contributed by atoms with E-state index in [0.717, 1.165) is 22.3 Å². The van der Waals surface area contributed by atoms with E-state index in [0.29, 0.717) is 11.1 Å². The lowest BCUT2D eigenvalue weighted by atomic mass is 10.1. The Balaban J connectivity index is 1.60. The van der Waals surface area contributed by atoms with E-state index in [2.05, 4.69) is 10.1 Å². The third-order valence-corrected chi connectivity index (χ3v) is 8.16. The molecule has 0 unspecified atom stereocenters. The van der Waals surface area contributed by atoms with Crippen LogP contribution in [0.1, 0.15) is 28.4 Å². The molecule has 0 spiro atoms. The number of thioether (sulfide) groups is 1. The summed E-state index contributed by atoms with van der Waals surface area (Å²) in [6.45, 7) is 3.39. The molecule has 1 N–H and O–H groups in total. The summed E-state index contributed by atoms with van der Waals surface area (Å²) in [6.07, 6.45) is 1.41. The number of amidine groups is 2. The first kappa shape index (κ1) is 24.4. The van der Waals surface area contributed by atoms with Gasteiger partial charge in [-0.1, -0.05) is 30.7 Å². The molecule has 0 aliphatic carbocycles. The first-order chi connectivity index (χ1) is 16.6. The van der Waals surface area contributed by atoms with Gasteiger partial charge in [-0.2, -0.15) is 10.0 Å². The Kier molecular flexibility index (Phi) is 6.59. The Hall–Kier alpha value is -3.77. The van der Waals surface area contributed by atoms with Crippen molar-refractivity contribution in [1.29, 1.82) is 5.41 Å². The predicted octanol–water partition coefficient (Wildman–Crippen LogP) is 3.23. The Bertz CT molecular complexity index is 1440. The fraction of sp³-hybridized carbons (Fsp3) is 0.174. The average molecular weight is 513 g/mol. The molecule has 0 fully saturated rings. The van der Waals surface area contributed by atoms with E-state index in [4.69, 9.17) is 14.9 Å². The number of amides is 1. The van der Waals surface area contributed by atoms with Crippen LogP contribution in [-0.2, 0) is 14.6 Å². The van der Waals surface area contributed by atoms with Gasteiger partial charge in [0.1, 0.15) is 0 Å². The molecule has 0 saturated heterocycles. The second-order valence-electron chi connectivity index (χ2n) is 7.46. The highest BCUT2D eigenvalue weighted by Gasteiger charge is 2.39. The number of sulfone groups is 1. The molecule has 2 aliphatic heterocycles. The Morgan fingerprint density at radius 1 is 1.17 bits per heavy atom. The molecule has 2 aliphatic rings. The number of methoxy groups -OCH3 is 1. The van der Waals surface area contributed by atoms with Crippen molar-refractivity contribution in [2.24, 2.45) is 10.1 Å². The first-order valence-corrected chi connectivity index (χ1v) is 12.8. The van der Waals surface area contributed by atoms with Crippen molar-refractivity contribution in [2.45, 2.75) is 13.8 Å². The lowest BCUT2D eigenvalue weighted by Gasteiger charge is -2.20. The van der Waals surface area contributed by atoms with Gasteiger partial charge in [0.2, 0.25) is 19.4 Å². The number of hydrogen-bond donors (Lipinski definition) is 1. The van der Waals surface area contributed by atoms with E-state index < -0.39 is 21.7 Å². The summed E-state index contributed by atoms with van der Waals surface area (Å²) in [7, 11) is -2.21. The Morgan fingerprint density at radius 3 is 2.54 bits per heavy atom. The van der Waals surface area contributed by atoms with Crippen molar-refractivity contribution >= 4 is 54.9 Å². The van der Waals surface area contributed by atoms with Gasteiger partial charge in [0, 0.05) is 0 Å². The molecular weight excluding hydrogens is 492 g/mol. The number of aryl methyl sites for hydroxylation is 1. The van der Waals surface area contributed by atoms with Crippen molar-refractivity contribution in [1.82, 2.24) is 5.01 Å². The molecule has 12 heteroatoms. The normalized spacial score (nSPS) is 16.7. The van der Waals surface area contributed by atoms with Gasteiger partial charge in [-0.05, 0) is 54.6 Å². The molecule has 180 valence electrons. The Labute approximate surface area is 205 Å². The number of ether oxygens (including phenoxy) is 2. The van der Waals surface area contributed by atoms with Crippen LogP contribution >= 0.6 is 11.8 Å². The van der Waals surface area contributed by atoms with Gasteiger partial charge in [-0.25, -0.2) is 13.2 Å². The maximum atomic E-state index is 12.6. The summed E-state index contributed by atoms with van der Waals surface area (Å²) in [5.74, 6) is -1.30. The second kappa shape index (κ2) is 9.47. The average Bonchev–Trinajstić information content (AvgIpc) is 3.28. The van der Waals surface area contributed by atoms with Crippen molar-refractivity contribution in [3.63, 3.8) is 0 Å². The summed E-state index contributed by atoms with van der Waals surface area (Å²) >= 11 is 0.735. The number of hydrazone groups is 1. The third kappa shape index (κ3) is 4.88. The van der Waals surface area contributed by atoms with E-state index in [9.17, 15) is 18.0 Å². The number of carbonyl (C=O) groups is 2. The lowest BCUT2D eigenvalue weighted by molar-refractivity contribution is -0.114. The highest BCUT2D eigenvalue weighted by molar-refractivity contribution is 8.42. The number of nitrogens with zero attached hydrogens (tertiary/aromatic N) is 3. The number of benzene rings is 2. The zero-order valence-electron chi connectivity index (χ0n) is 18.9. The maximum absolute atomic E-state index is 12.6. The minimum Gasteiger partial charge on any atom is -0.493 e. The topological polar surface area (TPSA) is 139 Å². The van der Waals surface area contributed by atoms with Gasteiger partial charge in [0.25, 0.3) is 5.91 Å². The molecule has 0 aromatic heterocycles. The third-order valence-electron chi connectivity index (χ3n) is 5.07. The van der Waals surface area contributed by atoms with E-state index in [1.54, 1.807) is 36.4 Å². The van der Waals surface area contributed by atoms with Gasteiger partial charge in [0.15, 0.2) is 17.3 Å². The van der Waals surface area contributed by atoms with E-state index in [1.807, 2.05) is 6.92 Å². The molecule has 0 radical (unpaired) electrons. The molecule has 4 rings (SSSR count). The molecule has 2 aromatic carbocycles. The number of hydrogen-bond acceptors (Lipinski definition) is 9. The van der Waals surface area contributed by atoms with Gasteiger partial charge >= 0.3 is 5.97 Å². The van der Waals surface area contributed by atoms with Gasteiger partial charge in [-0.3, -0.25) is 10.2 Å². The summed E-state index contributed by atoms with van der Waals surface area (Å²) < 4.78 is 34.9. The molecule has 10 nitrogen and oxygen atoms in total. The van der Waals surface area contributed by atoms with Crippen LogP contribution in [0.5, 0.6) is 11.5 Å². The van der Waals surface area contributed by atoms with Crippen LogP contribution in [0.4, 0.5) is 0 Å². The highest BCUT2D eigenvalue weighted by Crippen LogP contribution is 2.33. The molecule has 2 heterocycles. The SMILES string of the molecule is CCS(=O)(=O)C1=NN2C(=N)C(=Cc3ccc(OC(=O)c4ccc(C)cc4)c(OC)c3)C(=O)N=C2S1. The van der Waals surface area contributed by atoms with Gasteiger partial charge in [0.05, 0.1) is 24.0 Å². The zero-order valence-corrected chi connectivity index (χ0v) is 20.6. The molecule has 0 saturated carbocycles. The number of aliphatic imine (C=N–C) groups is 1. The van der Waals surface area contributed by atoms with Crippen molar-refractivity contribution in [3.8, 4) is 11.5 Å². The summed E-state index contributed by atoms with van der Waals surface area (Å²) in [5.41, 5.74) is 1.78. The number of fused-ring (bicyclic) bond motifs is 1. The second-order valence-corrected chi connectivity index (χ2v) is 10.9. The fourth-order valence-electron chi connectivity index (χ4n) is 3.10. The van der Waals surface area contributed by atoms with Gasteiger partial charge < -0.3 is 9.47 Å². The summed E-state index contributed by atoms with van der Waals surface area (Å²) in [6, 6.07) is 11.6. The van der Waals surface area contributed by atoms with Crippen LogP contribution < -0.4 is 9.47 Å². The maximum Gasteiger partial charge on any atom is 0.343 e. The van der Waals surface area contributed by atoms with E-state index >= 15 is 0 Å². The van der Waals surface area contributed by atoms with Crippen LogP contribution in [0.25, 0.3) is 6.08 Å². The molecule has 1 amide bonds. The van der Waals surface area contributed by atoms with Crippen LogP contribution in [0.2, 0.25) is 0 Å². The predicted molar refractivity (Wildman–Crippen MR) is 134 cm³/mol. The number of esters is 1. The molecule has 35 heavy (non-hydrogen) atoms. The van der Waals surface area contributed by atoms with Gasteiger partial charge in [-0.15, -0.1) is 5.10 Å². The zero-order chi connectivity index (χ0) is 25.3. The van der Waals surface area contributed by atoms with Crippen LogP contribution in [0.15, 0.2) is 58.1 Å². The Morgan fingerprint density at radius 2 is 1.89 bits per heavy atom. The minimum atomic E-state index is -3.61. The van der Waals surface area contributed by atoms with Crippen LogP contribution in [0.3, 0.4) is 0 Å². The smallest absolute Gasteiger partial charge is 0.343 e. The molecule has 0 atom stereocenters. The number of rotatable bonds is 5. The standard InChI is InChI=1S/C23H20N4O6S2/c1-4-35(30,31)23-26-27-19(24)16(20(28)25-22(27)34-23)11-14-7-10-17(18(12-14)32-3)33-21(29)15-8-5-13(2)6-9-15/h5-12,24H,4H2,1-3H3. The quantitative estimate of drug-likeness (QED) is 0.366. The van der Waals surface area contributed by atoms with Crippen LogP contribution in [-0.4, -0.2) is 53.5 Å². The monoisotopic (exact) mass is 512 g/mol. The van der Waals surface area contributed by atoms with E-state index in [1.165, 1.54) is 26.2 Å². The molecular formula is C23H20N4O6S2. The van der Waals surface area contributed by atoms with Crippen molar-refractivity contribution in [3.05, 3.63) is 64.7 Å². The molecule has 2 aromatic rings. The summed E-state index contributed by atoms with van der Waals surface area (Å²) in [5, 5.41) is 13.4. The summed E-state index contributed by atoms with van der Waals surface area (Å²) in [4.78, 5) is 28.9. The van der Waals surface area contributed by atoms with Crippen molar-refractivity contribution in [2.75, 3.05) is 12.9 Å². The van der Waals surface area contributed by atoms with Crippen molar-refractivity contribution < 1.29 is 27.5 Å². The van der Waals surface area contributed by atoms with Crippen LogP contribution in [0, 0.1) is 12.3 Å².